The molecule has 1 aliphatic rings. The van der Waals surface area contributed by atoms with Crippen molar-refractivity contribution >= 4 is 17.7 Å². The van der Waals surface area contributed by atoms with Crippen molar-refractivity contribution in [1.82, 2.24) is 5.32 Å². The molecule has 0 aromatic heterocycles. The summed E-state index contributed by atoms with van der Waals surface area (Å²) < 4.78 is 0. The molecular formula is C9H18N2OS. The van der Waals surface area contributed by atoms with Gasteiger partial charge in [-0.15, -0.1) is 0 Å². The van der Waals surface area contributed by atoms with E-state index in [1.807, 2.05) is 18.7 Å². The van der Waals surface area contributed by atoms with Crippen LogP contribution in [0.1, 0.15) is 26.2 Å². The minimum atomic E-state index is -0.263. The third kappa shape index (κ3) is 4.00. The molecule has 0 aromatic rings. The molecule has 1 amide bonds. The Bertz CT molecular complexity index is 169. The lowest BCUT2D eigenvalue weighted by Crippen LogP contribution is -2.42. The summed E-state index contributed by atoms with van der Waals surface area (Å²) in [7, 11) is 0. The minimum absolute atomic E-state index is 0.192. The van der Waals surface area contributed by atoms with E-state index in [2.05, 4.69) is 5.32 Å². The molecule has 1 aliphatic heterocycles. The number of nitrogens with one attached hydrogen (secondary N) is 1. The molecule has 1 heterocycles. The maximum absolute atomic E-state index is 10.7. The van der Waals surface area contributed by atoms with E-state index in [0.29, 0.717) is 5.25 Å². The Morgan fingerprint density at radius 1 is 1.69 bits per heavy atom. The summed E-state index contributed by atoms with van der Waals surface area (Å²) in [4.78, 5) is 10.7. The number of carbonyl (C=O) groups is 1. The second-order valence-corrected chi connectivity index (χ2v) is 4.93. The Labute approximate surface area is 83.8 Å². The van der Waals surface area contributed by atoms with Crippen molar-refractivity contribution in [2.45, 2.75) is 37.5 Å². The normalized spacial score (nSPS) is 25.5. The monoisotopic (exact) mass is 202 g/mol. The van der Waals surface area contributed by atoms with Gasteiger partial charge in [-0.25, -0.2) is 0 Å². The summed E-state index contributed by atoms with van der Waals surface area (Å²) in [5.41, 5.74) is 5.14. The predicted molar refractivity (Wildman–Crippen MR) is 56.8 cm³/mol. The van der Waals surface area contributed by atoms with E-state index in [9.17, 15) is 4.79 Å². The maximum Gasteiger partial charge on any atom is 0.234 e. The van der Waals surface area contributed by atoms with E-state index < -0.39 is 0 Å². The fraction of sp³-hybridized carbons (Fsp3) is 0.889. The van der Waals surface area contributed by atoms with Crippen molar-refractivity contribution in [2.75, 3.05) is 12.3 Å². The highest BCUT2D eigenvalue weighted by atomic mass is 32.2. The molecule has 0 radical (unpaired) electrons. The number of primary amides is 1. The van der Waals surface area contributed by atoms with E-state index in [1.165, 1.54) is 25.0 Å². The number of hydrogen-bond acceptors (Lipinski definition) is 3. The summed E-state index contributed by atoms with van der Waals surface area (Å²) in [5.74, 6) is 0.998. The van der Waals surface area contributed by atoms with Gasteiger partial charge in [0, 0.05) is 11.8 Å². The lowest BCUT2D eigenvalue weighted by Gasteiger charge is -2.22. The van der Waals surface area contributed by atoms with E-state index in [-0.39, 0.29) is 11.9 Å². The maximum atomic E-state index is 10.7. The first-order valence-corrected chi connectivity index (χ1v) is 5.89. The van der Waals surface area contributed by atoms with Crippen LogP contribution in [-0.2, 0) is 4.79 Å². The highest BCUT2D eigenvalue weighted by molar-refractivity contribution is 7.99. The van der Waals surface area contributed by atoms with Crippen molar-refractivity contribution in [3.05, 3.63) is 0 Å². The van der Waals surface area contributed by atoms with Gasteiger partial charge in [-0.3, -0.25) is 4.79 Å². The average molecular weight is 202 g/mol. The molecule has 4 heteroatoms. The van der Waals surface area contributed by atoms with Crippen LogP contribution in [-0.4, -0.2) is 29.5 Å². The fourth-order valence-corrected chi connectivity index (χ4v) is 2.63. The second kappa shape index (κ2) is 5.50. The van der Waals surface area contributed by atoms with Crippen molar-refractivity contribution in [1.29, 1.82) is 0 Å². The van der Waals surface area contributed by atoms with E-state index >= 15 is 0 Å². The predicted octanol–water partition coefficient (Wildman–Crippen LogP) is 0.735. The van der Waals surface area contributed by atoms with Gasteiger partial charge in [0.05, 0.1) is 6.04 Å². The van der Waals surface area contributed by atoms with Crippen molar-refractivity contribution in [3.8, 4) is 0 Å². The lowest BCUT2D eigenvalue weighted by atomic mass is 10.2. The highest BCUT2D eigenvalue weighted by Crippen LogP contribution is 2.24. The Hall–Kier alpha value is -0.220. The van der Waals surface area contributed by atoms with Crippen LogP contribution in [0.25, 0.3) is 0 Å². The molecule has 1 fully saturated rings. The molecule has 0 aromatic carbocycles. The minimum Gasteiger partial charge on any atom is -0.368 e. The van der Waals surface area contributed by atoms with Crippen LogP contribution in [0.4, 0.5) is 0 Å². The van der Waals surface area contributed by atoms with Gasteiger partial charge in [0.2, 0.25) is 5.91 Å². The molecule has 0 saturated carbocycles. The molecule has 1 saturated heterocycles. The van der Waals surface area contributed by atoms with Gasteiger partial charge in [0.25, 0.3) is 0 Å². The summed E-state index contributed by atoms with van der Waals surface area (Å²) in [5, 5.41) is 3.83. The van der Waals surface area contributed by atoms with Crippen LogP contribution in [0.3, 0.4) is 0 Å². The quantitative estimate of drug-likeness (QED) is 0.707. The zero-order valence-corrected chi connectivity index (χ0v) is 8.90. The van der Waals surface area contributed by atoms with Gasteiger partial charge in [-0.1, -0.05) is 6.42 Å². The molecule has 1 rings (SSSR count). The number of nitrogens with two attached hydrogens (primary N) is 1. The molecule has 2 atom stereocenters. The lowest BCUT2D eigenvalue weighted by molar-refractivity contribution is -0.119. The van der Waals surface area contributed by atoms with Crippen molar-refractivity contribution in [3.63, 3.8) is 0 Å². The molecule has 13 heavy (non-hydrogen) atoms. The number of hydrogen-bond donors (Lipinski definition) is 2. The van der Waals surface area contributed by atoms with Gasteiger partial charge in [0.15, 0.2) is 0 Å². The van der Waals surface area contributed by atoms with Gasteiger partial charge in [0.1, 0.15) is 0 Å². The Kier molecular flexibility index (Phi) is 4.59. The largest absolute Gasteiger partial charge is 0.368 e. The number of thioether (sulfide) groups is 1. The number of carbonyl (C=O) groups excluding carboxylic acids is 1. The smallest absolute Gasteiger partial charge is 0.234 e. The summed E-state index contributed by atoms with van der Waals surface area (Å²) in [6.07, 6.45) is 3.93. The van der Waals surface area contributed by atoms with Crippen LogP contribution < -0.4 is 11.1 Å². The molecule has 3 nitrogen and oxygen atoms in total. The number of amides is 1. The van der Waals surface area contributed by atoms with Gasteiger partial charge in [-0.05, 0) is 25.5 Å². The molecule has 0 bridgehead atoms. The second-order valence-electron chi connectivity index (χ2n) is 3.52. The van der Waals surface area contributed by atoms with Crippen molar-refractivity contribution < 1.29 is 4.79 Å². The molecule has 3 N–H and O–H groups in total. The third-order valence-electron chi connectivity index (χ3n) is 2.35. The SMILES string of the molecule is CC(NCC1CCCCS1)C(N)=O. The van der Waals surface area contributed by atoms with Gasteiger partial charge < -0.3 is 11.1 Å². The average Bonchev–Trinajstić information content (AvgIpc) is 2.15. The molecule has 0 spiro atoms. The first kappa shape index (κ1) is 10.9. The molecule has 0 aliphatic carbocycles. The summed E-state index contributed by atoms with van der Waals surface area (Å²) >= 11 is 2.00. The van der Waals surface area contributed by atoms with Gasteiger partial charge >= 0.3 is 0 Å². The fourth-order valence-electron chi connectivity index (χ4n) is 1.38. The van der Waals surface area contributed by atoms with Gasteiger partial charge in [-0.2, -0.15) is 11.8 Å². The van der Waals surface area contributed by atoms with E-state index in [4.69, 9.17) is 5.73 Å². The highest BCUT2D eigenvalue weighted by Gasteiger charge is 2.15. The summed E-state index contributed by atoms with van der Waals surface area (Å²) in [6, 6.07) is -0.192. The Balaban J connectivity index is 2.13. The number of rotatable bonds is 4. The van der Waals surface area contributed by atoms with Crippen LogP contribution in [0.2, 0.25) is 0 Å². The van der Waals surface area contributed by atoms with E-state index in [1.54, 1.807) is 0 Å². The summed E-state index contributed by atoms with van der Waals surface area (Å²) in [6.45, 7) is 2.73. The standard InChI is InChI=1S/C9H18N2OS/c1-7(9(10)12)11-6-8-4-2-3-5-13-8/h7-8,11H,2-6H2,1H3,(H2,10,12). The molecule has 2 unspecified atom stereocenters. The molecular weight excluding hydrogens is 184 g/mol. The topological polar surface area (TPSA) is 55.1 Å². The van der Waals surface area contributed by atoms with Crippen LogP contribution in [0.15, 0.2) is 0 Å². The third-order valence-corrected chi connectivity index (χ3v) is 3.75. The first-order valence-electron chi connectivity index (χ1n) is 4.84. The van der Waals surface area contributed by atoms with Crippen LogP contribution >= 0.6 is 11.8 Å². The van der Waals surface area contributed by atoms with Crippen LogP contribution in [0, 0.1) is 0 Å². The first-order chi connectivity index (χ1) is 6.20. The zero-order chi connectivity index (χ0) is 9.68. The Morgan fingerprint density at radius 2 is 2.46 bits per heavy atom. The zero-order valence-electron chi connectivity index (χ0n) is 8.08. The van der Waals surface area contributed by atoms with Crippen molar-refractivity contribution in [2.24, 2.45) is 5.73 Å². The van der Waals surface area contributed by atoms with Crippen LogP contribution in [0.5, 0.6) is 0 Å². The van der Waals surface area contributed by atoms with E-state index in [0.717, 1.165) is 6.54 Å². The molecule has 76 valence electrons. The Morgan fingerprint density at radius 3 is 3.00 bits per heavy atom.